The zero-order valence-corrected chi connectivity index (χ0v) is 19.4. The van der Waals surface area contributed by atoms with E-state index in [9.17, 15) is 13.2 Å². The second-order valence-corrected chi connectivity index (χ2v) is 9.96. The Kier molecular flexibility index (Phi) is 5.87. The van der Waals surface area contributed by atoms with Crippen LogP contribution in [0.15, 0.2) is 24.7 Å². The van der Waals surface area contributed by atoms with Gasteiger partial charge in [-0.15, -0.1) is 0 Å². The predicted molar refractivity (Wildman–Crippen MR) is 123 cm³/mol. The number of fused-ring (bicyclic) bond motifs is 1. The number of nitrogens with one attached hydrogen (secondary N) is 2. The van der Waals surface area contributed by atoms with Gasteiger partial charge in [0.15, 0.2) is 5.82 Å². The molecule has 1 amide bonds. The molecule has 0 atom stereocenters. The molecule has 4 rings (SSSR count). The lowest BCUT2D eigenvalue weighted by Gasteiger charge is -2.22. The number of carbonyl (C=O) groups is 1. The van der Waals surface area contributed by atoms with Crippen LogP contribution in [0.5, 0.6) is 0 Å². The maximum atomic E-state index is 12.4. The van der Waals surface area contributed by atoms with E-state index >= 15 is 0 Å². The van der Waals surface area contributed by atoms with Crippen LogP contribution < -0.4 is 14.9 Å². The van der Waals surface area contributed by atoms with E-state index < -0.39 is 10.0 Å². The molecule has 2 N–H and O–H groups in total. The van der Waals surface area contributed by atoms with Crippen molar-refractivity contribution in [3.8, 4) is 0 Å². The van der Waals surface area contributed by atoms with Crippen molar-refractivity contribution in [2.24, 2.45) is 13.0 Å². The van der Waals surface area contributed by atoms with Gasteiger partial charge < -0.3 is 14.8 Å². The van der Waals surface area contributed by atoms with Crippen molar-refractivity contribution < 1.29 is 13.2 Å². The molecule has 1 aliphatic carbocycles. The summed E-state index contributed by atoms with van der Waals surface area (Å²) in [6, 6.07) is 3.82. The Bertz CT molecular complexity index is 1280. The topological polar surface area (TPSA) is 122 Å². The molecule has 3 aromatic rings. The molecule has 3 heterocycles. The first-order chi connectivity index (χ1) is 15.2. The van der Waals surface area contributed by atoms with Gasteiger partial charge in [0.05, 0.1) is 42.2 Å². The van der Waals surface area contributed by atoms with Crippen molar-refractivity contribution in [3.63, 3.8) is 0 Å². The number of pyridine rings is 2. The fourth-order valence-electron chi connectivity index (χ4n) is 3.49. The molecule has 1 saturated carbocycles. The van der Waals surface area contributed by atoms with E-state index in [4.69, 9.17) is 4.98 Å². The highest BCUT2D eigenvalue weighted by atomic mass is 32.2. The van der Waals surface area contributed by atoms with Crippen LogP contribution in [0.3, 0.4) is 0 Å². The van der Waals surface area contributed by atoms with Gasteiger partial charge >= 0.3 is 0 Å². The van der Waals surface area contributed by atoms with Gasteiger partial charge in [-0.2, -0.15) is 0 Å². The van der Waals surface area contributed by atoms with E-state index in [0.29, 0.717) is 22.8 Å². The fourth-order valence-corrected chi connectivity index (χ4v) is 3.90. The Morgan fingerprint density at radius 1 is 1.28 bits per heavy atom. The summed E-state index contributed by atoms with van der Waals surface area (Å²) in [6.45, 7) is 2.16. The molecule has 1 aliphatic rings. The minimum Gasteiger partial charge on any atom is -0.334 e. The number of amides is 1. The van der Waals surface area contributed by atoms with Crippen molar-refractivity contribution in [2.75, 3.05) is 23.5 Å². The van der Waals surface area contributed by atoms with Gasteiger partial charge in [0.1, 0.15) is 11.3 Å². The van der Waals surface area contributed by atoms with Gasteiger partial charge in [0, 0.05) is 26.1 Å². The van der Waals surface area contributed by atoms with Gasteiger partial charge in [-0.1, -0.05) is 6.92 Å². The van der Waals surface area contributed by atoms with Gasteiger partial charge in [-0.3, -0.25) is 9.78 Å². The van der Waals surface area contributed by atoms with Gasteiger partial charge in [0.2, 0.25) is 15.9 Å². The summed E-state index contributed by atoms with van der Waals surface area (Å²) in [4.78, 5) is 27.8. The summed E-state index contributed by atoms with van der Waals surface area (Å²) >= 11 is 0. The van der Waals surface area contributed by atoms with Crippen molar-refractivity contribution in [2.45, 2.75) is 32.7 Å². The Hall–Kier alpha value is -3.05. The van der Waals surface area contributed by atoms with E-state index in [1.54, 1.807) is 12.5 Å². The highest BCUT2D eigenvalue weighted by Gasteiger charge is 2.30. The zero-order chi connectivity index (χ0) is 23.0. The molecule has 0 bridgehead atoms. The quantitative estimate of drug-likeness (QED) is 0.531. The minimum absolute atomic E-state index is 0.0251. The molecule has 32 heavy (non-hydrogen) atoms. The highest BCUT2D eigenvalue weighted by molar-refractivity contribution is 7.88. The number of rotatable bonds is 8. The van der Waals surface area contributed by atoms with Crippen LogP contribution in [0.1, 0.15) is 31.0 Å². The third-order valence-corrected chi connectivity index (χ3v) is 6.18. The molecular weight excluding hydrogens is 430 g/mol. The van der Waals surface area contributed by atoms with Crippen molar-refractivity contribution in [3.05, 3.63) is 35.9 Å². The zero-order valence-electron chi connectivity index (χ0n) is 18.6. The molecule has 3 aromatic heterocycles. The van der Waals surface area contributed by atoms with Gasteiger partial charge in [-0.25, -0.2) is 23.1 Å². The molecule has 170 valence electrons. The molecule has 11 heteroatoms. The highest BCUT2D eigenvalue weighted by Crippen LogP contribution is 2.33. The summed E-state index contributed by atoms with van der Waals surface area (Å²) < 4.78 is 27.1. The number of hydrogen-bond donors (Lipinski definition) is 2. The molecule has 0 aliphatic heterocycles. The van der Waals surface area contributed by atoms with E-state index in [1.807, 2.05) is 42.6 Å². The van der Waals surface area contributed by atoms with Crippen LogP contribution in [-0.2, 0) is 34.8 Å². The van der Waals surface area contributed by atoms with Crippen LogP contribution >= 0.6 is 0 Å². The summed E-state index contributed by atoms with van der Waals surface area (Å²) in [5, 5.41) is 2.94. The smallest absolute Gasteiger partial charge is 0.228 e. The monoisotopic (exact) mass is 457 g/mol. The van der Waals surface area contributed by atoms with Crippen LogP contribution in [0.2, 0.25) is 0 Å². The first kappa shape index (κ1) is 22.2. The Morgan fingerprint density at radius 3 is 2.69 bits per heavy atom. The summed E-state index contributed by atoms with van der Waals surface area (Å²) in [5.41, 5.74) is 3.99. The summed E-state index contributed by atoms with van der Waals surface area (Å²) in [5.74, 6) is 1.12. The third kappa shape index (κ3) is 4.73. The molecule has 0 saturated heterocycles. The number of imidazole rings is 1. The Labute approximate surface area is 187 Å². The van der Waals surface area contributed by atoms with Crippen LogP contribution in [0.4, 0.5) is 17.3 Å². The lowest BCUT2D eigenvalue weighted by atomic mass is 10.1. The second-order valence-electron chi connectivity index (χ2n) is 8.13. The van der Waals surface area contributed by atoms with Crippen molar-refractivity contribution in [1.82, 2.24) is 24.2 Å². The standard InChI is InChI=1S/C21H27N7O3S/c1-5-13-8-15(10-24-32(4,30)31)22-11-17(13)28(3)18-9-16-19(23-12-27(16)2)20(25-18)26-21(29)14-6-7-14/h8-9,11-12,14,24H,5-7,10H2,1-4H3,(H,25,26,29). The lowest BCUT2D eigenvalue weighted by Crippen LogP contribution is -2.22. The first-order valence-electron chi connectivity index (χ1n) is 10.5. The molecule has 0 unspecified atom stereocenters. The first-order valence-corrected chi connectivity index (χ1v) is 12.3. The minimum atomic E-state index is -3.30. The molecule has 1 fully saturated rings. The summed E-state index contributed by atoms with van der Waals surface area (Å²) in [6.07, 6.45) is 7.08. The predicted octanol–water partition coefficient (Wildman–Crippen LogP) is 2.09. The number of sulfonamides is 1. The Balaban J connectivity index is 1.68. The molecule has 10 nitrogen and oxygen atoms in total. The second kappa shape index (κ2) is 8.47. The molecule has 0 radical (unpaired) electrons. The van der Waals surface area contributed by atoms with Gasteiger partial charge in [0.25, 0.3) is 0 Å². The fraction of sp³-hybridized carbons (Fsp3) is 0.429. The number of hydrogen-bond acceptors (Lipinski definition) is 7. The average Bonchev–Trinajstić information content (AvgIpc) is 3.54. The third-order valence-electron chi connectivity index (χ3n) is 5.51. The largest absolute Gasteiger partial charge is 0.334 e. The molecule has 0 aromatic carbocycles. The lowest BCUT2D eigenvalue weighted by molar-refractivity contribution is -0.117. The average molecular weight is 458 g/mol. The van der Waals surface area contributed by atoms with E-state index in [-0.39, 0.29) is 18.4 Å². The normalized spacial score (nSPS) is 14.0. The number of aromatic nitrogens is 4. The van der Waals surface area contributed by atoms with Crippen molar-refractivity contribution in [1.29, 1.82) is 0 Å². The van der Waals surface area contributed by atoms with Crippen LogP contribution in [0, 0.1) is 5.92 Å². The maximum absolute atomic E-state index is 12.4. The van der Waals surface area contributed by atoms with Crippen molar-refractivity contribution >= 4 is 44.3 Å². The molecule has 0 spiro atoms. The number of aryl methyl sites for hydroxylation is 2. The summed E-state index contributed by atoms with van der Waals surface area (Å²) in [7, 11) is 0.487. The van der Waals surface area contributed by atoms with Crippen LogP contribution in [-0.4, -0.2) is 47.1 Å². The maximum Gasteiger partial charge on any atom is 0.228 e. The molecular formula is C21H27N7O3S. The van der Waals surface area contributed by atoms with E-state index in [0.717, 1.165) is 42.3 Å². The number of anilines is 3. The Morgan fingerprint density at radius 2 is 2.03 bits per heavy atom. The van der Waals surface area contributed by atoms with E-state index in [2.05, 4.69) is 20.0 Å². The number of carbonyl (C=O) groups excluding carboxylic acids is 1. The van der Waals surface area contributed by atoms with E-state index in [1.165, 1.54) is 0 Å². The van der Waals surface area contributed by atoms with Crippen LogP contribution in [0.25, 0.3) is 11.0 Å². The van der Waals surface area contributed by atoms with Gasteiger partial charge in [-0.05, 0) is 30.9 Å². The SMILES string of the molecule is CCc1cc(CNS(C)(=O)=O)ncc1N(C)c1cc2c(ncn2C)c(NC(=O)C2CC2)n1. The number of nitrogens with zero attached hydrogens (tertiary/aromatic N) is 5.